The van der Waals surface area contributed by atoms with Gasteiger partial charge in [-0.25, -0.2) is 0 Å². The molecule has 0 aliphatic carbocycles. The molecule has 1 aromatic heterocycles. The van der Waals surface area contributed by atoms with Crippen LogP contribution in [0, 0.1) is 0 Å². The lowest BCUT2D eigenvalue weighted by molar-refractivity contribution is -0.139. The van der Waals surface area contributed by atoms with Gasteiger partial charge in [0, 0.05) is 10.9 Å². The summed E-state index contributed by atoms with van der Waals surface area (Å²) in [4.78, 5) is 12.2. The predicted octanol–water partition coefficient (Wildman–Crippen LogP) is 3.04. The van der Waals surface area contributed by atoms with Crippen LogP contribution >= 0.6 is 11.3 Å². The molecular weight excluding hydrogens is 222 g/mol. The van der Waals surface area contributed by atoms with Crippen molar-refractivity contribution >= 4 is 17.3 Å². The highest BCUT2D eigenvalue weighted by molar-refractivity contribution is 7.10. The van der Waals surface area contributed by atoms with Gasteiger partial charge in [0.25, 0.3) is 0 Å². The Morgan fingerprint density at radius 3 is 2.88 bits per heavy atom. The first kappa shape index (κ1) is 13.2. The molecule has 0 aliphatic heterocycles. The molecule has 0 fully saturated rings. The summed E-state index contributed by atoms with van der Waals surface area (Å²) in [6, 6.07) is 3.69. The number of nitrogens with one attached hydrogen (secondary N) is 1. The SMILES string of the molecule is CCCCC(N[C@H](C)c1cccs1)C(=O)O. The lowest BCUT2D eigenvalue weighted by atomic mass is 10.1. The lowest BCUT2D eigenvalue weighted by Crippen LogP contribution is -2.38. The average molecular weight is 241 g/mol. The molecule has 1 heterocycles. The molecule has 0 radical (unpaired) electrons. The highest BCUT2D eigenvalue weighted by Gasteiger charge is 2.19. The molecule has 0 spiro atoms. The van der Waals surface area contributed by atoms with Crippen molar-refractivity contribution in [2.24, 2.45) is 0 Å². The maximum Gasteiger partial charge on any atom is 0.320 e. The second kappa shape index (κ2) is 6.66. The molecule has 3 nitrogen and oxygen atoms in total. The normalized spacial score (nSPS) is 14.6. The van der Waals surface area contributed by atoms with Crippen molar-refractivity contribution in [1.82, 2.24) is 5.32 Å². The van der Waals surface area contributed by atoms with Crippen LogP contribution < -0.4 is 5.32 Å². The first-order valence-electron chi connectivity index (χ1n) is 5.67. The minimum Gasteiger partial charge on any atom is -0.480 e. The van der Waals surface area contributed by atoms with E-state index in [1.54, 1.807) is 11.3 Å². The summed E-state index contributed by atoms with van der Waals surface area (Å²) < 4.78 is 0. The number of carbonyl (C=O) groups is 1. The van der Waals surface area contributed by atoms with Crippen LogP contribution in [0.25, 0.3) is 0 Å². The van der Waals surface area contributed by atoms with Crippen LogP contribution in [0.2, 0.25) is 0 Å². The molecule has 90 valence electrons. The van der Waals surface area contributed by atoms with Crippen molar-refractivity contribution in [2.45, 2.75) is 45.2 Å². The fourth-order valence-corrected chi connectivity index (χ4v) is 2.35. The Morgan fingerprint density at radius 1 is 1.62 bits per heavy atom. The van der Waals surface area contributed by atoms with E-state index in [4.69, 9.17) is 5.11 Å². The maximum absolute atomic E-state index is 11.1. The first-order valence-corrected chi connectivity index (χ1v) is 6.55. The van der Waals surface area contributed by atoms with Crippen LogP contribution in [0.15, 0.2) is 17.5 Å². The van der Waals surface area contributed by atoms with Crippen molar-refractivity contribution in [3.8, 4) is 0 Å². The Labute approximate surface area is 100 Å². The monoisotopic (exact) mass is 241 g/mol. The van der Waals surface area contributed by atoms with Gasteiger partial charge in [0.2, 0.25) is 0 Å². The van der Waals surface area contributed by atoms with Crippen molar-refractivity contribution in [1.29, 1.82) is 0 Å². The van der Waals surface area contributed by atoms with Gasteiger partial charge in [-0.15, -0.1) is 11.3 Å². The second-order valence-electron chi connectivity index (χ2n) is 3.94. The van der Waals surface area contributed by atoms with Crippen LogP contribution in [-0.4, -0.2) is 17.1 Å². The van der Waals surface area contributed by atoms with Gasteiger partial charge < -0.3 is 5.11 Å². The zero-order valence-corrected chi connectivity index (χ0v) is 10.6. The Kier molecular flexibility index (Phi) is 5.49. The maximum atomic E-state index is 11.1. The summed E-state index contributed by atoms with van der Waals surface area (Å²) in [6.45, 7) is 4.08. The summed E-state index contributed by atoms with van der Waals surface area (Å²) >= 11 is 1.65. The van der Waals surface area contributed by atoms with E-state index in [1.807, 2.05) is 24.4 Å². The number of thiophene rings is 1. The van der Waals surface area contributed by atoms with E-state index in [2.05, 4.69) is 12.2 Å². The van der Waals surface area contributed by atoms with Gasteiger partial charge in [-0.3, -0.25) is 10.1 Å². The van der Waals surface area contributed by atoms with Crippen LogP contribution in [0.5, 0.6) is 0 Å². The lowest BCUT2D eigenvalue weighted by Gasteiger charge is -2.19. The zero-order chi connectivity index (χ0) is 12.0. The minimum absolute atomic E-state index is 0.109. The Bertz CT molecular complexity index is 311. The molecule has 0 amide bonds. The first-order chi connectivity index (χ1) is 7.65. The topological polar surface area (TPSA) is 49.3 Å². The number of unbranched alkanes of at least 4 members (excludes halogenated alkanes) is 1. The molecule has 0 saturated carbocycles. The molecule has 16 heavy (non-hydrogen) atoms. The molecular formula is C12H19NO2S. The van der Waals surface area contributed by atoms with Gasteiger partial charge in [-0.1, -0.05) is 25.8 Å². The third kappa shape index (κ3) is 3.94. The number of hydrogen-bond donors (Lipinski definition) is 2. The summed E-state index contributed by atoms with van der Waals surface area (Å²) in [5, 5.41) is 14.3. The summed E-state index contributed by atoms with van der Waals surface area (Å²) in [5.41, 5.74) is 0. The van der Waals surface area contributed by atoms with Crippen molar-refractivity contribution in [3.05, 3.63) is 22.4 Å². The number of hydrogen-bond acceptors (Lipinski definition) is 3. The molecule has 2 N–H and O–H groups in total. The Morgan fingerprint density at radius 2 is 2.38 bits per heavy atom. The fraction of sp³-hybridized carbons (Fsp3) is 0.583. The van der Waals surface area contributed by atoms with Crippen LogP contribution in [0.1, 0.15) is 44.0 Å². The third-order valence-corrected chi connectivity index (χ3v) is 3.62. The number of rotatable bonds is 7. The Balaban J connectivity index is 2.51. The van der Waals surface area contributed by atoms with E-state index in [-0.39, 0.29) is 6.04 Å². The summed E-state index contributed by atoms with van der Waals surface area (Å²) in [5.74, 6) is -0.753. The molecule has 0 bridgehead atoms. The van der Waals surface area contributed by atoms with Gasteiger partial charge in [-0.2, -0.15) is 0 Å². The number of carboxylic acids is 1. The van der Waals surface area contributed by atoms with Gasteiger partial charge >= 0.3 is 5.97 Å². The smallest absolute Gasteiger partial charge is 0.320 e. The highest BCUT2D eigenvalue weighted by Crippen LogP contribution is 2.19. The molecule has 0 saturated heterocycles. The summed E-state index contributed by atoms with van der Waals surface area (Å²) in [7, 11) is 0. The van der Waals surface area contributed by atoms with Gasteiger partial charge in [0.1, 0.15) is 6.04 Å². The standard InChI is InChI=1S/C12H19NO2S/c1-3-4-6-10(12(14)15)13-9(2)11-7-5-8-16-11/h5,7-10,13H,3-4,6H2,1-2H3,(H,14,15)/t9-,10?/m1/s1. The van der Waals surface area contributed by atoms with E-state index in [9.17, 15) is 4.79 Å². The molecule has 1 rings (SSSR count). The van der Waals surface area contributed by atoms with Gasteiger partial charge in [-0.05, 0) is 24.8 Å². The second-order valence-corrected chi connectivity index (χ2v) is 4.92. The van der Waals surface area contributed by atoms with E-state index >= 15 is 0 Å². The quantitative estimate of drug-likeness (QED) is 0.771. The number of aliphatic carboxylic acids is 1. The predicted molar refractivity (Wildman–Crippen MR) is 66.8 cm³/mol. The molecule has 1 unspecified atom stereocenters. The molecule has 0 aliphatic rings. The molecule has 4 heteroatoms. The van der Waals surface area contributed by atoms with Crippen molar-refractivity contribution < 1.29 is 9.90 Å². The van der Waals surface area contributed by atoms with Crippen LogP contribution in [-0.2, 0) is 4.79 Å². The fourth-order valence-electron chi connectivity index (χ4n) is 1.61. The van der Waals surface area contributed by atoms with E-state index in [1.165, 1.54) is 4.88 Å². The highest BCUT2D eigenvalue weighted by atomic mass is 32.1. The minimum atomic E-state index is -0.753. The van der Waals surface area contributed by atoms with E-state index < -0.39 is 12.0 Å². The van der Waals surface area contributed by atoms with Gasteiger partial charge in [0.05, 0.1) is 0 Å². The Hall–Kier alpha value is -0.870. The third-order valence-electron chi connectivity index (χ3n) is 2.57. The van der Waals surface area contributed by atoms with Crippen LogP contribution in [0.4, 0.5) is 0 Å². The van der Waals surface area contributed by atoms with Crippen molar-refractivity contribution in [3.63, 3.8) is 0 Å². The zero-order valence-electron chi connectivity index (χ0n) is 9.77. The van der Waals surface area contributed by atoms with Gasteiger partial charge in [0.15, 0.2) is 0 Å². The van der Waals surface area contributed by atoms with E-state index in [0.29, 0.717) is 6.42 Å². The largest absolute Gasteiger partial charge is 0.480 e. The molecule has 2 atom stereocenters. The molecule has 1 aromatic rings. The van der Waals surface area contributed by atoms with Crippen LogP contribution in [0.3, 0.4) is 0 Å². The average Bonchev–Trinajstić information content (AvgIpc) is 2.76. The summed E-state index contributed by atoms with van der Waals surface area (Å²) in [6.07, 6.45) is 2.67. The van der Waals surface area contributed by atoms with E-state index in [0.717, 1.165) is 12.8 Å². The van der Waals surface area contributed by atoms with Crippen molar-refractivity contribution in [2.75, 3.05) is 0 Å². The number of carboxylic acid groups (broad SMARTS) is 1. The molecule has 0 aromatic carbocycles.